The number of carbonyl (C=O) groups excluding carboxylic acids is 1. The van der Waals surface area contributed by atoms with E-state index in [2.05, 4.69) is 16.9 Å². The highest BCUT2D eigenvalue weighted by Crippen LogP contribution is 2.38. The molecule has 1 aromatic rings. The zero-order valence-electron chi connectivity index (χ0n) is 11.9. The molecule has 1 aromatic heterocycles. The maximum atomic E-state index is 12.6. The minimum Gasteiger partial charge on any atom is -0.335 e. The Morgan fingerprint density at radius 1 is 1.37 bits per heavy atom. The van der Waals surface area contributed by atoms with Crippen molar-refractivity contribution < 1.29 is 4.79 Å². The van der Waals surface area contributed by atoms with E-state index < -0.39 is 0 Å². The van der Waals surface area contributed by atoms with E-state index in [9.17, 15) is 4.79 Å². The number of hydrogen-bond donors (Lipinski definition) is 0. The number of aromatic nitrogens is 2. The minimum absolute atomic E-state index is 0.178. The maximum absolute atomic E-state index is 12.6. The summed E-state index contributed by atoms with van der Waals surface area (Å²) in [6.45, 7) is 3.27. The molecule has 2 fully saturated rings. The van der Waals surface area contributed by atoms with Crippen LogP contribution in [0, 0.1) is 11.8 Å². The van der Waals surface area contributed by atoms with Crippen molar-refractivity contribution in [2.75, 3.05) is 6.54 Å². The van der Waals surface area contributed by atoms with Gasteiger partial charge < -0.3 is 4.90 Å². The molecule has 0 aromatic carbocycles. The molecule has 2 aliphatic rings. The Morgan fingerprint density at radius 3 is 2.95 bits per heavy atom. The molecule has 1 saturated carbocycles. The highest BCUT2D eigenvalue weighted by molar-refractivity contribution is 5.94. The number of likely N-dealkylation sites (tertiary alicyclic amines) is 1. The molecule has 3 atom stereocenters. The molecule has 0 N–H and O–H groups in total. The Hall–Kier alpha value is -1.32. The summed E-state index contributed by atoms with van der Waals surface area (Å²) in [5, 5.41) is 4.12. The molecule has 1 amide bonds. The monoisotopic (exact) mass is 261 g/mol. The molecule has 0 bridgehead atoms. The van der Waals surface area contributed by atoms with Crippen LogP contribution in [0.3, 0.4) is 0 Å². The van der Waals surface area contributed by atoms with Crippen LogP contribution in [0.25, 0.3) is 0 Å². The number of piperidine rings is 1. The van der Waals surface area contributed by atoms with Crippen LogP contribution in [-0.4, -0.2) is 33.2 Å². The van der Waals surface area contributed by atoms with E-state index in [0.29, 0.717) is 6.04 Å². The van der Waals surface area contributed by atoms with E-state index in [1.54, 1.807) is 10.9 Å². The van der Waals surface area contributed by atoms with Gasteiger partial charge in [0.2, 0.25) is 0 Å². The van der Waals surface area contributed by atoms with Gasteiger partial charge in [-0.1, -0.05) is 6.92 Å². The Bertz CT molecular complexity index is 468. The van der Waals surface area contributed by atoms with Crippen LogP contribution in [0.4, 0.5) is 0 Å². The Balaban J connectivity index is 1.78. The topological polar surface area (TPSA) is 38.1 Å². The van der Waals surface area contributed by atoms with Crippen molar-refractivity contribution in [1.82, 2.24) is 14.7 Å². The number of rotatable bonds is 1. The standard InChI is InChI=1S/C15H23N3O/c1-11-5-6-14-12(8-11)4-3-7-18(14)15(19)13-9-16-17(2)10-13/h9-12,14H,3-8H2,1-2H3/t11-,12+,14+/m1/s1. The Labute approximate surface area is 114 Å². The molecule has 3 rings (SSSR count). The summed E-state index contributed by atoms with van der Waals surface area (Å²) in [6, 6.07) is 0.470. The van der Waals surface area contributed by atoms with Gasteiger partial charge in [0.05, 0.1) is 11.8 Å². The second-order valence-corrected chi connectivity index (χ2v) is 6.29. The molecule has 4 nitrogen and oxygen atoms in total. The van der Waals surface area contributed by atoms with Gasteiger partial charge in [0.25, 0.3) is 5.91 Å². The summed E-state index contributed by atoms with van der Waals surface area (Å²) < 4.78 is 1.71. The summed E-state index contributed by atoms with van der Waals surface area (Å²) in [6.07, 6.45) is 9.71. The first-order valence-corrected chi connectivity index (χ1v) is 7.45. The van der Waals surface area contributed by atoms with Gasteiger partial charge in [0.15, 0.2) is 0 Å². The molecule has 2 heterocycles. The molecule has 1 aliphatic carbocycles. The second-order valence-electron chi connectivity index (χ2n) is 6.29. The Kier molecular flexibility index (Phi) is 3.33. The van der Waals surface area contributed by atoms with Gasteiger partial charge in [0.1, 0.15) is 0 Å². The number of fused-ring (bicyclic) bond motifs is 1. The van der Waals surface area contributed by atoms with Gasteiger partial charge in [-0.2, -0.15) is 5.10 Å². The predicted molar refractivity (Wildman–Crippen MR) is 73.8 cm³/mol. The lowest BCUT2D eigenvalue weighted by Gasteiger charge is -2.45. The van der Waals surface area contributed by atoms with Crippen LogP contribution in [-0.2, 0) is 7.05 Å². The smallest absolute Gasteiger partial charge is 0.257 e. The SMILES string of the molecule is C[C@@H]1CC[C@H]2[C@@H](CCCN2C(=O)c2cnn(C)c2)C1. The van der Waals surface area contributed by atoms with Crippen LogP contribution in [0.5, 0.6) is 0 Å². The van der Waals surface area contributed by atoms with E-state index in [1.165, 1.54) is 25.7 Å². The predicted octanol–water partition coefficient (Wildman–Crippen LogP) is 2.46. The molecular formula is C15H23N3O. The minimum atomic E-state index is 0.178. The first kappa shape index (κ1) is 12.7. The van der Waals surface area contributed by atoms with Gasteiger partial charge in [-0.15, -0.1) is 0 Å². The molecule has 4 heteroatoms. The number of nitrogens with zero attached hydrogens (tertiary/aromatic N) is 3. The summed E-state index contributed by atoms with van der Waals surface area (Å²) in [4.78, 5) is 14.7. The second kappa shape index (κ2) is 4.99. The van der Waals surface area contributed by atoms with Gasteiger partial charge in [-0.05, 0) is 43.9 Å². The first-order valence-electron chi connectivity index (χ1n) is 7.45. The van der Waals surface area contributed by atoms with Crippen LogP contribution >= 0.6 is 0 Å². The van der Waals surface area contributed by atoms with Crippen LogP contribution in [0.15, 0.2) is 12.4 Å². The van der Waals surface area contributed by atoms with Crippen molar-refractivity contribution in [2.24, 2.45) is 18.9 Å². The Morgan fingerprint density at radius 2 is 2.21 bits per heavy atom. The van der Waals surface area contributed by atoms with Crippen LogP contribution in [0.1, 0.15) is 49.4 Å². The summed E-state index contributed by atoms with van der Waals surface area (Å²) >= 11 is 0. The summed E-state index contributed by atoms with van der Waals surface area (Å²) in [5.41, 5.74) is 0.738. The lowest BCUT2D eigenvalue weighted by atomic mass is 9.74. The molecule has 0 unspecified atom stereocenters. The van der Waals surface area contributed by atoms with Crippen molar-refractivity contribution in [3.05, 3.63) is 18.0 Å². The van der Waals surface area contributed by atoms with E-state index in [1.807, 2.05) is 13.2 Å². The summed E-state index contributed by atoms with van der Waals surface area (Å²) in [5.74, 6) is 1.73. The van der Waals surface area contributed by atoms with Gasteiger partial charge in [-0.25, -0.2) is 0 Å². The third kappa shape index (κ3) is 2.40. The fraction of sp³-hybridized carbons (Fsp3) is 0.733. The molecule has 0 radical (unpaired) electrons. The normalized spacial score (nSPS) is 31.1. The molecule has 104 valence electrons. The van der Waals surface area contributed by atoms with Crippen molar-refractivity contribution in [2.45, 2.75) is 45.1 Å². The van der Waals surface area contributed by atoms with Crippen molar-refractivity contribution in [1.29, 1.82) is 0 Å². The van der Waals surface area contributed by atoms with Gasteiger partial charge >= 0.3 is 0 Å². The van der Waals surface area contributed by atoms with Crippen molar-refractivity contribution in [3.8, 4) is 0 Å². The summed E-state index contributed by atoms with van der Waals surface area (Å²) in [7, 11) is 1.86. The van der Waals surface area contributed by atoms with Gasteiger partial charge in [0, 0.05) is 25.8 Å². The first-order chi connectivity index (χ1) is 9.15. The fourth-order valence-electron chi connectivity index (χ4n) is 3.84. The molecule has 1 aliphatic heterocycles. The molecule has 1 saturated heterocycles. The average Bonchev–Trinajstić information content (AvgIpc) is 2.83. The van der Waals surface area contributed by atoms with Gasteiger partial charge in [-0.3, -0.25) is 9.48 Å². The molecular weight excluding hydrogens is 238 g/mol. The van der Waals surface area contributed by atoms with Crippen molar-refractivity contribution in [3.63, 3.8) is 0 Å². The maximum Gasteiger partial charge on any atom is 0.257 e. The molecule has 19 heavy (non-hydrogen) atoms. The van der Waals surface area contributed by atoms with Crippen LogP contribution in [0.2, 0.25) is 0 Å². The lowest BCUT2D eigenvalue weighted by Crippen LogP contribution is -2.50. The number of carbonyl (C=O) groups is 1. The van der Waals surface area contributed by atoms with Crippen LogP contribution < -0.4 is 0 Å². The zero-order valence-corrected chi connectivity index (χ0v) is 11.9. The van der Waals surface area contributed by atoms with E-state index >= 15 is 0 Å². The van der Waals surface area contributed by atoms with E-state index in [-0.39, 0.29) is 5.91 Å². The average molecular weight is 261 g/mol. The number of aryl methyl sites for hydroxylation is 1. The highest BCUT2D eigenvalue weighted by atomic mass is 16.2. The highest BCUT2D eigenvalue weighted by Gasteiger charge is 2.37. The quantitative estimate of drug-likeness (QED) is 0.779. The fourth-order valence-corrected chi connectivity index (χ4v) is 3.84. The zero-order chi connectivity index (χ0) is 13.4. The number of amides is 1. The largest absolute Gasteiger partial charge is 0.335 e. The third-order valence-electron chi connectivity index (χ3n) is 4.79. The van der Waals surface area contributed by atoms with E-state index in [0.717, 1.165) is 30.4 Å². The van der Waals surface area contributed by atoms with E-state index in [4.69, 9.17) is 0 Å². The van der Waals surface area contributed by atoms with Crippen molar-refractivity contribution >= 4 is 5.91 Å². The number of hydrogen-bond acceptors (Lipinski definition) is 2. The lowest BCUT2D eigenvalue weighted by molar-refractivity contribution is 0.0322. The third-order valence-corrected chi connectivity index (χ3v) is 4.79. The molecule has 0 spiro atoms.